The Morgan fingerprint density at radius 1 is 1.27 bits per heavy atom. The minimum atomic E-state index is 0.0122. The third-order valence-electron chi connectivity index (χ3n) is 4.71. The van der Waals surface area contributed by atoms with Gasteiger partial charge in [-0.15, -0.1) is 0 Å². The standard InChI is InChI=1S/C17H22N2O3/c1-12-3-5-13(6-4-12)17(21)19-8-7-14-15(19)11-16(20)18(14)9-10-22-2/h3-6,14-15H,7-11H2,1-2H3/t14-,15-/m1/s1. The van der Waals surface area contributed by atoms with Crippen molar-refractivity contribution in [3.8, 4) is 0 Å². The number of benzene rings is 1. The Bertz CT molecular complexity index is 570. The molecule has 0 saturated carbocycles. The van der Waals surface area contributed by atoms with Crippen LogP contribution in [0.5, 0.6) is 0 Å². The number of methoxy groups -OCH3 is 1. The summed E-state index contributed by atoms with van der Waals surface area (Å²) in [7, 11) is 1.64. The van der Waals surface area contributed by atoms with Crippen LogP contribution >= 0.6 is 0 Å². The molecule has 1 aromatic rings. The number of rotatable bonds is 4. The zero-order chi connectivity index (χ0) is 15.7. The van der Waals surface area contributed by atoms with Crippen molar-refractivity contribution in [2.45, 2.75) is 31.8 Å². The Morgan fingerprint density at radius 2 is 2.00 bits per heavy atom. The maximum absolute atomic E-state index is 12.7. The van der Waals surface area contributed by atoms with E-state index in [0.29, 0.717) is 25.1 Å². The number of hydrogen-bond acceptors (Lipinski definition) is 3. The van der Waals surface area contributed by atoms with Crippen molar-refractivity contribution in [3.63, 3.8) is 0 Å². The van der Waals surface area contributed by atoms with Crippen LogP contribution in [0, 0.1) is 6.92 Å². The lowest BCUT2D eigenvalue weighted by Gasteiger charge is -2.25. The first kappa shape index (κ1) is 15.0. The van der Waals surface area contributed by atoms with Gasteiger partial charge in [-0.3, -0.25) is 9.59 Å². The Balaban J connectivity index is 1.74. The second-order valence-electron chi connectivity index (χ2n) is 6.07. The Morgan fingerprint density at radius 3 is 2.68 bits per heavy atom. The highest BCUT2D eigenvalue weighted by Crippen LogP contribution is 2.33. The number of amides is 2. The molecule has 1 aromatic carbocycles. The van der Waals surface area contributed by atoms with E-state index in [1.165, 1.54) is 0 Å². The van der Waals surface area contributed by atoms with E-state index < -0.39 is 0 Å². The van der Waals surface area contributed by atoms with Crippen molar-refractivity contribution in [2.75, 3.05) is 26.8 Å². The van der Waals surface area contributed by atoms with E-state index in [-0.39, 0.29) is 23.9 Å². The van der Waals surface area contributed by atoms with E-state index in [1.807, 2.05) is 41.0 Å². The predicted molar refractivity (Wildman–Crippen MR) is 82.6 cm³/mol. The highest BCUT2D eigenvalue weighted by molar-refractivity contribution is 5.95. The molecule has 0 unspecified atom stereocenters. The van der Waals surface area contributed by atoms with Crippen molar-refractivity contribution in [3.05, 3.63) is 35.4 Å². The van der Waals surface area contributed by atoms with Gasteiger partial charge in [0.1, 0.15) is 0 Å². The Labute approximate surface area is 130 Å². The van der Waals surface area contributed by atoms with E-state index >= 15 is 0 Å². The summed E-state index contributed by atoms with van der Waals surface area (Å²) in [5, 5.41) is 0. The third kappa shape index (κ3) is 2.61. The molecule has 0 aliphatic carbocycles. The lowest BCUT2D eigenvalue weighted by atomic mass is 10.1. The summed E-state index contributed by atoms with van der Waals surface area (Å²) in [6, 6.07) is 7.79. The molecule has 3 rings (SSSR count). The van der Waals surface area contributed by atoms with Gasteiger partial charge in [0.25, 0.3) is 5.91 Å². The molecule has 2 fully saturated rings. The lowest BCUT2D eigenvalue weighted by molar-refractivity contribution is -0.129. The van der Waals surface area contributed by atoms with E-state index in [2.05, 4.69) is 0 Å². The van der Waals surface area contributed by atoms with Crippen molar-refractivity contribution in [2.24, 2.45) is 0 Å². The smallest absolute Gasteiger partial charge is 0.254 e. The van der Waals surface area contributed by atoms with Gasteiger partial charge >= 0.3 is 0 Å². The lowest BCUT2D eigenvalue weighted by Crippen LogP contribution is -2.40. The van der Waals surface area contributed by atoms with Gasteiger partial charge in [-0.1, -0.05) is 17.7 Å². The molecule has 0 spiro atoms. The molecular formula is C17H22N2O3. The summed E-state index contributed by atoms with van der Waals surface area (Å²) in [5.74, 6) is 0.169. The summed E-state index contributed by atoms with van der Waals surface area (Å²) in [4.78, 5) is 28.6. The number of fused-ring (bicyclic) bond motifs is 1. The Kier molecular flexibility index (Phi) is 4.16. The molecule has 2 atom stereocenters. The molecule has 2 saturated heterocycles. The highest BCUT2D eigenvalue weighted by atomic mass is 16.5. The maximum Gasteiger partial charge on any atom is 0.254 e. The summed E-state index contributed by atoms with van der Waals surface area (Å²) < 4.78 is 5.08. The number of ether oxygens (including phenoxy) is 1. The molecular weight excluding hydrogens is 280 g/mol. The molecule has 2 aliphatic rings. The van der Waals surface area contributed by atoms with Crippen LogP contribution in [0.1, 0.15) is 28.8 Å². The monoisotopic (exact) mass is 302 g/mol. The van der Waals surface area contributed by atoms with Crippen LogP contribution in [0.4, 0.5) is 0 Å². The second-order valence-corrected chi connectivity index (χ2v) is 6.07. The van der Waals surface area contributed by atoms with Crippen LogP contribution in [0.3, 0.4) is 0 Å². The molecule has 5 nitrogen and oxygen atoms in total. The number of hydrogen-bond donors (Lipinski definition) is 0. The van der Waals surface area contributed by atoms with E-state index in [4.69, 9.17) is 4.74 Å². The first-order valence-electron chi connectivity index (χ1n) is 7.78. The molecule has 5 heteroatoms. The van der Waals surface area contributed by atoms with Crippen molar-refractivity contribution < 1.29 is 14.3 Å². The summed E-state index contributed by atoms with van der Waals surface area (Å²) >= 11 is 0. The zero-order valence-corrected chi connectivity index (χ0v) is 13.1. The summed E-state index contributed by atoms with van der Waals surface area (Å²) in [6.45, 7) is 3.88. The fourth-order valence-electron chi connectivity index (χ4n) is 3.52. The largest absolute Gasteiger partial charge is 0.383 e. The minimum Gasteiger partial charge on any atom is -0.383 e. The van der Waals surface area contributed by atoms with Crippen molar-refractivity contribution >= 4 is 11.8 Å². The van der Waals surface area contributed by atoms with Crippen molar-refractivity contribution in [1.29, 1.82) is 0 Å². The molecule has 2 heterocycles. The fourth-order valence-corrected chi connectivity index (χ4v) is 3.52. The van der Waals surface area contributed by atoms with Gasteiger partial charge in [-0.25, -0.2) is 0 Å². The van der Waals surface area contributed by atoms with Gasteiger partial charge < -0.3 is 14.5 Å². The average molecular weight is 302 g/mol. The van der Waals surface area contributed by atoms with Gasteiger partial charge in [0.05, 0.1) is 18.7 Å². The van der Waals surface area contributed by atoms with Crippen molar-refractivity contribution in [1.82, 2.24) is 9.80 Å². The van der Waals surface area contributed by atoms with Gasteiger partial charge in [-0.05, 0) is 25.5 Å². The number of likely N-dealkylation sites (tertiary alicyclic amines) is 2. The molecule has 22 heavy (non-hydrogen) atoms. The summed E-state index contributed by atoms with van der Waals surface area (Å²) in [6.07, 6.45) is 1.30. The zero-order valence-electron chi connectivity index (χ0n) is 13.1. The van der Waals surface area contributed by atoms with E-state index in [9.17, 15) is 9.59 Å². The van der Waals surface area contributed by atoms with Gasteiger partial charge in [0.15, 0.2) is 0 Å². The molecule has 0 radical (unpaired) electrons. The SMILES string of the molecule is COCCN1C(=O)C[C@@H]2[C@H]1CCN2C(=O)c1ccc(C)cc1. The Hall–Kier alpha value is -1.88. The minimum absolute atomic E-state index is 0.0122. The van der Waals surface area contributed by atoms with Crippen LogP contribution in [0.25, 0.3) is 0 Å². The quantitative estimate of drug-likeness (QED) is 0.846. The van der Waals surface area contributed by atoms with Crippen LogP contribution in [-0.2, 0) is 9.53 Å². The molecule has 0 aromatic heterocycles. The fraction of sp³-hybridized carbons (Fsp3) is 0.529. The van der Waals surface area contributed by atoms with Crippen LogP contribution in [0.15, 0.2) is 24.3 Å². The van der Waals surface area contributed by atoms with Gasteiger partial charge in [0.2, 0.25) is 5.91 Å². The normalized spacial score (nSPS) is 24.0. The molecule has 2 aliphatic heterocycles. The third-order valence-corrected chi connectivity index (χ3v) is 4.71. The maximum atomic E-state index is 12.7. The second kappa shape index (κ2) is 6.08. The molecule has 0 N–H and O–H groups in total. The van der Waals surface area contributed by atoms with Crippen LogP contribution in [-0.4, -0.2) is 60.5 Å². The van der Waals surface area contributed by atoms with E-state index in [1.54, 1.807) is 7.11 Å². The summed E-state index contributed by atoms with van der Waals surface area (Å²) in [5.41, 5.74) is 1.84. The van der Waals surface area contributed by atoms with Gasteiger partial charge in [0, 0.05) is 32.2 Å². The first-order valence-corrected chi connectivity index (χ1v) is 7.78. The number of nitrogens with zero attached hydrogens (tertiary/aromatic N) is 2. The van der Waals surface area contributed by atoms with Crippen LogP contribution in [0.2, 0.25) is 0 Å². The van der Waals surface area contributed by atoms with Gasteiger partial charge in [-0.2, -0.15) is 0 Å². The number of carbonyl (C=O) groups is 2. The average Bonchev–Trinajstić information content (AvgIpc) is 3.04. The molecule has 0 bridgehead atoms. The highest BCUT2D eigenvalue weighted by Gasteiger charge is 2.48. The molecule has 2 amide bonds. The topological polar surface area (TPSA) is 49.9 Å². The van der Waals surface area contributed by atoms with Crippen LogP contribution < -0.4 is 0 Å². The number of carbonyl (C=O) groups excluding carboxylic acids is 2. The number of aryl methyl sites for hydroxylation is 1. The molecule has 118 valence electrons. The predicted octanol–water partition coefficient (Wildman–Crippen LogP) is 1.46. The van der Waals surface area contributed by atoms with E-state index in [0.717, 1.165) is 18.5 Å². The first-order chi connectivity index (χ1) is 10.6.